The van der Waals surface area contributed by atoms with E-state index in [9.17, 15) is 9.59 Å². The largest absolute Gasteiger partial charge is 0.478 e. The van der Waals surface area contributed by atoms with Gasteiger partial charge in [0.25, 0.3) is 5.91 Å². The maximum absolute atomic E-state index is 13.0. The Hall–Kier alpha value is -3.09. The predicted molar refractivity (Wildman–Crippen MR) is 124 cm³/mol. The zero-order chi connectivity index (χ0) is 22.2. The smallest absolute Gasteiger partial charge is 0.321 e. The Labute approximate surface area is 189 Å². The summed E-state index contributed by atoms with van der Waals surface area (Å²) < 4.78 is 5.85. The molecule has 2 fully saturated rings. The van der Waals surface area contributed by atoms with E-state index in [-0.39, 0.29) is 11.9 Å². The van der Waals surface area contributed by atoms with E-state index in [0.717, 1.165) is 18.0 Å². The average Bonchev–Trinajstić information content (AvgIpc) is 2.85. The Morgan fingerprint density at radius 1 is 0.969 bits per heavy atom. The number of amides is 3. The third-order valence-electron chi connectivity index (χ3n) is 6.36. The molecular formula is C25H32N4O3. The highest BCUT2D eigenvalue weighted by Gasteiger charge is 2.25. The van der Waals surface area contributed by atoms with Crippen LogP contribution in [-0.2, 0) is 0 Å². The molecule has 1 aliphatic carbocycles. The average molecular weight is 437 g/mol. The summed E-state index contributed by atoms with van der Waals surface area (Å²) >= 11 is 0. The van der Waals surface area contributed by atoms with E-state index < -0.39 is 0 Å². The van der Waals surface area contributed by atoms with Crippen LogP contribution in [0.25, 0.3) is 0 Å². The van der Waals surface area contributed by atoms with Crippen LogP contribution < -0.4 is 10.1 Å². The van der Waals surface area contributed by atoms with Crippen LogP contribution in [0.15, 0.2) is 48.7 Å². The van der Waals surface area contributed by atoms with Crippen LogP contribution in [0.1, 0.15) is 48.9 Å². The second-order valence-corrected chi connectivity index (χ2v) is 8.60. The van der Waals surface area contributed by atoms with Gasteiger partial charge in [0.1, 0.15) is 0 Å². The number of aromatic nitrogens is 1. The maximum Gasteiger partial charge on any atom is 0.321 e. The number of pyridine rings is 1. The molecule has 0 bridgehead atoms. The molecule has 1 aromatic carbocycles. The quantitative estimate of drug-likeness (QED) is 0.727. The summed E-state index contributed by atoms with van der Waals surface area (Å²) in [6.07, 6.45) is 9.28. The highest BCUT2D eigenvalue weighted by atomic mass is 16.5. The molecule has 0 radical (unpaired) electrons. The number of carbonyl (C=O) groups excluding carboxylic acids is 2. The molecule has 3 amide bonds. The van der Waals surface area contributed by atoms with Gasteiger partial charge in [-0.1, -0.05) is 50.3 Å². The van der Waals surface area contributed by atoms with Crippen LogP contribution in [0.2, 0.25) is 0 Å². The molecule has 2 aliphatic rings. The fourth-order valence-corrected chi connectivity index (χ4v) is 4.45. The lowest BCUT2D eigenvalue weighted by Gasteiger charge is -2.34. The molecule has 1 saturated carbocycles. The fourth-order valence-electron chi connectivity index (χ4n) is 4.45. The summed E-state index contributed by atoms with van der Waals surface area (Å²) in [5, 5.41) is 2.90. The van der Waals surface area contributed by atoms with Crippen molar-refractivity contribution in [3.05, 3.63) is 54.2 Å². The number of urea groups is 1. The van der Waals surface area contributed by atoms with Crippen molar-refractivity contribution in [3.8, 4) is 5.88 Å². The van der Waals surface area contributed by atoms with Crippen LogP contribution in [0, 0.1) is 5.92 Å². The first-order valence-corrected chi connectivity index (χ1v) is 11.7. The molecule has 1 aliphatic heterocycles. The highest BCUT2D eigenvalue weighted by Crippen LogP contribution is 2.26. The number of hydrogen-bond donors (Lipinski definition) is 1. The minimum absolute atomic E-state index is 0.0485. The lowest BCUT2D eigenvalue weighted by molar-refractivity contribution is 0.0671. The maximum atomic E-state index is 13.0. The van der Waals surface area contributed by atoms with Gasteiger partial charge in [-0.15, -0.1) is 0 Å². The molecule has 1 saturated heterocycles. The minimum Gasteiger partial charge on any atom is -0.478 e. The third-order valence-corrected chi connectivity index (χ3v) is 6.36. The molecule has 2 heterocycles. The van der Waals surface area contributed by atoms with E-state index in [1.54, 1.807) is 28.1 Å². The van der Waals surface area contributed by atoms with Crippen LogP contribution in [0.3, 0.4) is 0 Å². The zero-order valence-corrected chi connectivity index (χ0v) is 18.5. The molecule has 1 aromatic heterocycles. The van der Waals surface area contributed by atoms with Crippen molar-refractivity contribution in [2.75, 3.05) is 38.1 Å². The molecule has 0 spiro atoms. The summed E-state index contributed by atoms with van der Waals surface area (Å²) in [5.41, 5.74) is 1.35. The van der Waals surface area contributed by atoms with Gasteiger partial charge in [0.15, 0.2) is 0 Å². The van der Waals surface area contributed by atoms with Gasteiger partial charge >= 0.3 is 6.03 Å². The molecule has 7 heteroatoms. The first-order chi connectivity index (χ1) is 15.7. The number of nitrogens with zero attached hydrogens (tertiary/aromatic N) is 3. The molecule has 2 aromatic rings. The van der Waals surface area contributed by atoms with Crippen molar-refractivity contribution in [3.63, 3.8) is 0 Å². The van der Waals surface area contributed by atoms with E-state index >= 15 is 0 Å². The van der Waals surface area contributed by atoms with Crippen molar-refractivity contribution in [2.24, 2.45) is 5.92 Å². The Morgan fingerprint density at radius 2 is 1.69 bits per heavy atom. The van der Waals surface area contributed by atoms with E-state index in [1.807, 2.05) is 30.3 Å². The van der Waals surface area contributed by atoms with Crippen LogP contribution in [0.5, 0.6) is 5.88 Å². The number of ether oxygens (including phenoxy) is 1. The fraction of sp³-hybridized carbons (Fsp3) is 0.480. The van der Waals surface area contributed by atoms with Crippen LogP contribution in [-0.4, -0.2) is 59.5 Å². The van der Waals surface area contributed by atoms with Crippen LogP contribution >= 0.6 is 0 Å². The van der Waals surface area contributed by atoms with E-state index in [1.165, 1.54) is 32.1 Å². The standard InChI is InChI=1S/C25H32N4O3/c30-24(21-11-13-26-23(19-21)32-18-12-20-7-3-1-4-8-20)28-14-16-29(17-15-28)25(31)27-22-9-5-2-6-10-22/h2,5-6,9-11,13,19-20H,1,3-4,7-8,12,14-18H2,(H,27,31). The lowest BCUT2D eigenvalue weighted by atomic mass is 9.87. The Kier molecular flexibility index (Phi) is 7.59. The second kappa shape index (κ2) is 11.0. The number of benzene rings is 1. The number of nitrogens with one attached hydrogen (secondary N) is 1. The molecule has 0 atom stereocenters. The van der Waals surface area contributed by atoms with Crippen molar-refractivity contribution in [1.29, 1.82) is 0 Å². The molecule has 7 nitrogen and oxygen atoms in total. The lowest BCUT2D eigenvalue weighted by Crippen LogP contribution is -2.51. The van der Waals surface area contributed by atoms with Gasteiger partial charge in [-0.2, -0.15) is 0 Å². The number of hydrogen-bond acceptors (Lipinski definition) is 4. The molecule has 4 rings (SSSR count). The van der Waals surface area contributed by atoms with Gasteiger partial charge in [0.2, 0.25) is 5.88 Å². The van der Waals surface area contributed by atoms with E-state index in [4.69, 9.17) is 4.74 Å². The van der Waals surface area contributed by atoms with Crippen molar-refractivity contribution >= 4 is 17.6 Å². The first-order valence-electron chi connectivity index (χ1n) is 11.7. The minimum atomic E-state index is -0.138. The summed E-state index contributed by atoms with van der Waals surface area (Å²) in [6.45, 7) is 2.65. The summed E-state index contributed by atoms with van der Waals surface area (Å²) in [7, 11) is 0. The zero-order valence-electron chi connectivity index (χ0n) is 18.5. The highest BCUT2D eigenvalue weighted by molar-refractivity contribution is 5.95. The number of para-hydroxylation sites is 1. The Bertz CT molecular complexity index is 891. The van der Waals surface area contributed by atoms with Crippen molar-refractivity contribution in [1.82, 2.24) is 14.8 Å². The van der Waals surface area contributed by atoms with Gasteiger partial charge in [-0.05, 0) is 30.5 Å². The molecule has 0 unspecified atom stereocenters. The topological polar surface area (TPSA) is 74.8 Å². The Balaban J connectivity index is 1.24. The van der Waals surface area contributed by atoms with E-state index in [0.29, 0.717) is 44.2 Å². The number of piperazine rings is 1. The van der Waals surface area contributed by atoms with Gasteiger partial charge in [-0.25, -0.2) is 9.78 Å². The molecule has 1 N–H and O–H groups in total. The normalized spacial score (nSPS) is 17.1. The SMILES string of the molecule is O=C(Nc1ccccc1)N1CCN(C(=O)c2ccnc(OCCC3CCCCC3)c2)CC1. The number of carbonyl (C=O) groups is 2. The monoisotopic (exact) mass is 436 g/mol. The van der Waals surface area contributed by atoms with Gasteiger partial charge in [0, 0.05) is 49.7 Å². The van der Waals surface area contributed by atoms with E-state index in [2.05, 4.69) is 10.3 Å². The van der Waals surface area contributed by atoms with Gasteiger partial charge < -0.3 is 19.9 Å². The molecule has 32 heavy (non-hydrogen) atoms. The third kappa shape index (κ3) is 5.99. The molecule has 170 valence electrons. The second-order valence-electron chi connectivity index (χ2n) is 8.60. The number of anilines is 1. The predicted octanol–water partition coefficient (Wildman–Crippen LogP) is 4.42. The van der Waals surface area contributed by atoms with Gasteiger partial charge in [0.05, 0.1) is 6.61 Å². The Morgan fingerprint density at radius 3 is 2.44 bits per heavy atom. The van der Waals surface area contributed by atoms with Crippen molar-refractivity contribution < 1.29 is 14.3 Å². The summed E-state index contributed by atoms with van der Waals surface area (Å²) in [5.74, 6) is 1.21. The summed E-state index contributed by atoms with van der Waals surface area (Å²) in [4.78, 5) is 33.2. The molecular weight excluding hydrogens is 404 g/mol. The van der Waals surface area contributed by atoms with Crippen LogP contribution in [0.4, 0.5) is 10.5 Å². The first kappa shape index (κ1) is 22.1. The number of rotatable bonds is 6. The summed E-state index contributed by atoms with van der Waals surface area (Å²) in [6, 6.07) is 12.7. The van der Waals surface area contributed by atoms with Gasteiger partial charge in [-0.3, -0.25) is 4.79 Å². The van der Waals surface area contributed by atoms with Crippen molar-refractivity contribution in [2.45, 2.75) is 38.5 Å².